The van der Waals surface area contributed by atoms with E-state index in [9.17, 15) is 13.2 Å². The van der Waals surface area contributed by atoms with Gasteiger partial charge in [-0.3, -0.25) is 4.79 Å². The monoisotopic (exact) mass is 283 g/mol. The van der Waals surface area contributed by atoms with Crippen molar-refractivity contribution in [3.05, 3.63) is 23.8 Å². The van der Waals surface area contributed by atoms with Gasteiger partial charge in [0.2, 0.25) is 0 Å². The van der Waals surface area contributed by atoms with Gasteiger partial charge in [-0.05, 0) is 25.1 Å². The molecule has 0 saturated carbocycles. The van der Waals surface area contributed by atoms with Crippen molar-refractivity contribution >= 4 is 27.1 Å². The zero-order valence-electron chi connectivity index (χ0n) is 10.7. The minimum atomic E-state index is -3.00. The second-order valence-electron chi connectivity index (χ2n) is 4.80. The molecule has 1 amide bonds. The lowest BCUT2D eigenvalue weighted by atomic mass is 10.1. The molecule has 0 spiro atoms. The van der Waals surface area contributed by atoms with Gasteiger partial charge in [-0.1, -0.05) is 0 Å². The summed E-state index contributed by atoms with van der Waals surface area (Å²) in [5.41, 5.74) is 12.4. The van der Waals surface area contributed by atoms with Crippen LogP contribution in [-0.2, 0) is 9.84 Å². The van der Waals surface area contributed by atoms with Gasteiger partial charge in [-0.2, -0.15) is 0 Å². The fraction of sp³-hybridized carbons (Fsp3) is 0.417. The number of carbonyl (C=O) groups excluding carboxylic acids is 1. The van der Waals surface area contributed by atoms with E-state index in [1.807, 2.05) is 11.8 Å². The van der Waals surface area contributed by atoms with E-state index in [1.165, 1.54) is 6.07 Å². The maximum absolute atomic E-state index is 11.6. The van der Waals surface area contributed by atoms with E-state index in [2.05, 4.69) is 0 Å². The largest absolute Gasteiger partial charge is 0.399 e. The zero-order valence-corrected chi connectivity index (χ0v) is 11.5. The first-order valence-corrected chi connectivity index (χ1v) is 7.79. The van der Waals surface area contributed by atoms with Crippen LogP contribution in [0.25, 0.3) is 0 Å². The molecular weight excluding hydrogens is 266 g/mol. The molecule has 1 aromatic carbocycles. The number of nitrogens with zero attached hydrogens (tertiary/aromatic N) is 1. The molecule has 0 aliphatic carbocycles. The predicted molar refractivity (Wildman–Crippen MR) is 74.8 cm³/mol. The number of amides is 1. The van der Waals surface area contributed by atoms with Crippen molar-refractivity contribution < 1.29 is 13.2 Å². The molecule has 19 heavy (non-hydrogen) atoms. The van der Waals surface area contributed by atoms with Crippen LogP contribution in [0.1, 0.15) is 17.3 Å². The Kier molecular flexibility index (Phi) is 3.40. The number of nitrogen functional groups attached to an aromatic ring is 1. The molecule has 1 atom stereocenters. The van der Waals surface area contributed by atoms with E-state index < -0.39 is 15.7 Å². The molecule has 2 rings (SSSR count). The van der Waals surface area contributed by atoms with Crippen LogP contribution in [-0.4, -0.2) is 38.4 Å². The number of sulfone groups is 1. The number of rotatable bonds is 2. The Bertz CT molecular complexity index is 613. The van der Waals surface area contributed by atoms with Crippen LogP contribution in [0, 0.1) is 0 Å². The molecule has 0 bridgehead atoms. The summed E-state index contributed by atoms with van der Waals surface area (Å²) < 4.78 is 23.1. The second kappa shape index (κ2) is 4.73. The topological polar surface area (TPSA) is 106 Å². The highest BCUT2D eigenvalue weighted by atomic mass is 32.2. The third kappa shape index (κ3) is 2.81. The number of nitrogens with two attached hydrogens (primary N) is 2. The van der Waals surface area contributed by atoms with Crippen LogP contribution in [0.2, 0.25) is 0 Å². The van der Waals surface area contributed by atoms with Gasteiger partial charge in [0.15, 0.2) is 9.84 Å². The first-order chi connectivity index (χ1) is 8.80. The quantitative estimate of drug-likeness (QED) is 0.742. The molecule has 1 aromatic rings. The Labute approximate surface area is 112 Å². The van der Waals surface area contributed by atoms with Gasteiger partial charge in [0.05, 0.1) is 17.1 Å². The Morgan fingerprint density at radius 1 is 1.42 bits per heavy atom. The van der Waals surface area contributed by atoms with E-state index >= 15 is 0 Å². The van der Waals surface area contributed by atoms with Gasteiger partial charge in [-0.25, -0.2) is 8.42 Å². The van der Waals surface area contributed by atoms with E-state index in [0.717, 1.165) is 0 Å². The molecule has 1 aliphatic rings. The van der Waals surface area contributed by atoms with Crippen molar-refractivity contribution in [1.82, 2.24) is 0 Å². The average molecular weight is 283 g/mol. The first kappa shape index (κ1) is 13.7. The van der Waals surface area contributed by atoms with Crippen LogP contribution in [0.3, 0.4) is 0 Å². The number of hydrogen-bond donors (Lipinski definition) is 2. The molecule has 1 heterocycles. The van der Waals surface area contributed by atoms with Gasteiger partial charge in [0, 0.05) is 24.0 Å². The Hall–Kier alpha value is -1.76. The summed E-state index contributed by atoms with van der Waals surface area (Å²) in [6.07, 6.45) is 0. The lowest BCUT2D eigenvalue weighted by Crippen LogP contribution is -2.47. The van der Waals surface area contributed by atoms with Gasteiger partial charge in [0.1, 0.15) is 0 Å². The van der Waals surface area contributed by atoms with Gasteiger partial charge >= 0.3 is 0 Å². The lowest BCUT2D eigenvalue weighted by Gasteiger charge is -2.36. The lowest BCUT2D eigenvalue weighted by molar-refractivity contribution is 0.100. The summed E-state index contributed by atoms with van der Waals surface area (Å²) in [7, 11) is -3.00. The molecule has 1 unspecified atom stereocenters. The summed E-state index contributed by atoms with van der Waals surface area (Å²) in [6.45, 7) is 2.17. The highest BCUT2D eigenvalue weighted by molar-refractivity contribution is 7.91. The van der Waals surface area contributed by atoms with E-state index in [1.54, 1.807) is 12.1 Å². The van der Waals surface area contributed by atoms with Crippen molar-refractivity contribution in [2.75, 3.05) is 28.7 Å². The highest BCUT2D eigenvalue weighted by Crippen LogP contribution is 2.27. The molecule has 104 valence electrons. The number of benzene rings is 1. The smallest absolute Gasteiger partial charge is 0.250 e. The third-order valence-electron chi connectivity index (χ3n) is 3.27. The van der Waals surface area contributed by atoms with E-state index in [-0.39, 0.29) is 17.5 Å². The number of primary amides is 1. The summed E-state index contributed by atoms with van der Waals surface area (Å²) in [4.78, 5) is 13.4. The van der Waals surface area contributed by atoms with E-state index in [0.29, 0.717) is 23.5 Å². The van der Waals surface area contributed by atoms with Crippen LogP contribution in [0.15, 0.2) is 18.2 Å². The predicted octanol–water partition coefficient (Wildman–Crippen LogP) is -0.00900. The number of anilines is 2. The normalized spacial score (nSPS) is 22.2. The standard InChI is InChI=1S/C12H17N3O3S/c1-8-7-19(17,18)5-4-15(8)11-3-2-9(13)6-10(11)12(14)16/h2-3,6,8H,4-5,7,13H2,1H3,(H2,14,16). The Balaban J connectivity index is 2.40. The minimum absolute atomic E-state index is 0.0789. The van der Waals surface area contributed by atoms with Crippen LogP contribution in [0.5, 0.6) is 0 Å². The van der Waals surface area contributed by atoms with Crippen LogP contribution < -0.4 is 16.4 Å². The third-order valence-corrected chi connectivity index (χ3v) is 5.06. The van der Waals surface area contributed by atoms with Crippen LogP contribution >= 0.6 is 0 Å². The summed E-state index contributed by atoms with van der Waals surface area (Å²) in [5, 5.41) is 0. The molecular formula is C12H17N3O3S. The average Bonchev–Trinajstić information content (AvgIpc) is 2.28. The van der Waals surface area contributed by atoms with Crippen molar-refractivity contribution in [3.63, 3.8) is 0 Å². The molecule has 1 saturated heterocycles. The molecule has 7 heteroatoms. The molecule has 0 radical (unpaired) electrons. The highest BCUT2D eigenvalue weighted by Gasteiger charge is 2.30. The van der Waals surface area contributed by atoms with Crippen molar-refractivity contribution in [2.45, 2.75) is 13.0 Å². The fourth-order valence-corrected chi connectivity index (χ4v) is 3.91. The van der Waals surface area contributed by atoms with E-state index in [4.69, 9.17) is 11.5 Å². The number of hydrogen-bond acceptors (Lipinski definition) is 5. The SMILES string of the molecule is CC1CS(=O)(=O)CCN1c1ccc(N)cc1C(N)=O. The van der Waals surface area contributed by atoms with Gasteiger partial charge < -0.3 is 16.4 Å². The Morgan fingerprint density at radius 3 is 2.68 bits per heavy atom. The molecule has 0 aromatic heterocycles. The summed E-state index contributed by atoms with van der Waals surface area (Å²) in [5.74, 6) is -0.405. The van der Waals surface area contributed by atoms with Gasteiger partial charge in [0.25, 0.3) is 5.91 Å². The molecule has 1 aliphatic heterocycles. The van der Waals surface area contributed by atoms with Crippen LogP contribution in [0.4, 0.5) is 11.4 Å². The first-order valence-electron chi connectivity index (χ1n) is 5.96. The Morgan fingerprint density at radius 2 is 2.11 bits per heavy atom. The van der Waals surface area contributed by atoms with Crippen molar-refractivity contribution in [2.24, 2.45) is 5.73 Å². The second-order valence-corrected chi connectivity index (χ2v) is 7.03. The maximum Gasteiger partial charge on any atom is 0.250 e. The summed E-state index contributed by atoms with van der Waals surface area (Å²) in [6, 6.07) is 4.72. The molecule has 6 nitrogen and oxygen atoms in total. The maximum atomic E-state index is 11.6. The fourth-order valence-electron chi connectivity index (χ4n) is 2.36. The molecule has 1 fully saturated rings. The number of carbonyl (C=O) groups is 1. The van der Waals surface area contributed by atoms with Crippen molar-refractivity contribution in [1.29, 1.82) is 0 Å². The van der Waals surface area contributed by atoms with Crippen molar-refractivity contribution in [3.8, 4) is 0 Å². The molecule has 4 N–H and O–H groups in total. The summed E-state index contributed by atoms with van der Waals surface area (Å²) >= 11 is 0. The van der Waals surface area contributed by atoms with Gasteiger partial charge in [-0.15, -0.1) is 0 Å². The zero-order chi connectivity index (χ0) is 14.2. The minimum Gasteiger partial charge on any atom is -0.399 e.